The summed E-state index contributed by atoms with van der Waals surface area (Å²) in [5.41, 5.74) is 8.87. The van der Waals surface area contributed by atoms with Crippen LogP contribution in [0.15, 0.2) is 0 Å². The Balaban J connectivity index is 1.88. The third-order valence-corrected chi connectivity index (χ3v) is 4.52. The average molecular weight is 270 g/mol. The van der Waals surface area contributed by atoms with Crippen LogP contribution in [0, 0.1) is 0 Å². The summed E-state index contributed by atoms with van der Waals surface area (Å²) in [6.07, 6.45) is 2.36. The zero-order valence-corrected chi connectivity index (χ0v) is 10.4. The normalized spacial score (nSPS) is 29.4. The molecule has 2 aliphatic rings. The van der Waals surface area contributed by atoms with E-state index >= 15 is 0 Å². The minimum absolute atomic E-state index is 0.0711. The maximum atomic E-state index is 11.2. The van der Waals surface area contributed by atoms with Crippen LogP contribution in [0.25, 0.3) is 5.53 Å². The van der Waals surface area contributed by atoms with Crippen LogP contribution in [0.3, 0.4) is 0 Å². The van der Waals surface area contributed by atoms with E-state index in [0.29, 0.717) is 11.5 Å². The molecular weight excluding hydrogens is 256 g/mol. The Hall–Kier alpha value is -1.53. The summed E-state index contributed by atoms with van der Waals surface area (Å²) in [6.45, 7) is 0. The van der Waals surface area contributed by atoms with Gasteiger partial charge in [-0.2, -0.15) is 4.79 Å². The lowest BCUT2D eigenvalue weighted by atomic mass is 10.0. The van der Waals surface area contributed by atoms with Crippen LogP contribution >= 0.6 is 11.8 Å². The first-order chi connectivity index (χ1) is 8.61. The Bertz CT molecular complexity index is 421. The van der Waals surface area contributed by atoms with Gasteiger partial charge >= 0.3 is 17.0 Å². The summed E-state index contributed by atoms with van der Waals surface area (Å²) in [7, 11) is 0. The van der Waals surface area contributed by atoms with Crippen LogP contribution in [0.2, 0.25) is 0 Å². The lowest BCUT2D eigenvalue weighted by molar-refractivity contribution is -0.137. The van der Waals surface area contributed by atoms with E-state index in [4.69, 9.17) is 10.6 Å². The van der Waals surface area contributed by atoms with Crippen LogP contribution < -0.4 is 10.6 Å². The molecule has 7 nitrogen and oxygen atoms in total. The molecule has 0 aliphatic carbocycles. The predicted octanol–water partition coefficient (Wildman–Crippen LogP) is 0.425. The number of unbranched alkanes of at least 4 members (excludes halogenated alkanes) is 1. The number of urea groups is 1. The van der Waals surface area contributed by atoms with Crippen molar-refractivity contribution < 1.29 is 19.5 Å². The number of carbonyl (C=O) groups excluding carboxylic acids is 1. The van der Waals surface area contributed by atoms with E-state index in [-0.39, 0.29) is 29.8 Å². The minimum atomic E-state index is -0.791. The fraction of sp³-hybridized carbons (Fsp3) is 0.700. The standard InChI is InChI=1S/C10H14N4O3S/c11-14-9-8-7(12-10(17)13-8)5(18-9)3-1-2-4-6(15)16/h5,7-8H,1-4H2,(H,15,16)(H2,12,13,17)/t5-,7+,8+/m1/s1. The smallest absolute Gasteiger partial charge is 0.350 e. The molecule has 3 N–H and O–H groups in total. The van der Waals surface area contributed by atoms with Gasteiger partial charge < -0.3 is 21.3 Å². The highest BCUT2D eigenvalue weighted by Gasteiger charge is 2.51. The van der Waals surface area contributed by atoms with Gasteiger partial charge in [0.25, 0.3) is 0 Å². The second-order valence-electron chi connectivity index (χ2n) is 4.36. The number of nitrogens with one attached hydrogen (secondary N) is 2. The van der Waals surface area contributed by atoms with Gasteiger partial charge in [0.05, 0.1) is 6.04 Å². The SMILES string of the molecule is [N-]=[N+]=C1S[C@H](CCCCC(=O)O)[C@@H]2NC(=O)N[C@H]12. The third-order valence-electron chi connectivity index (χ3n) is 3.11. The molecule has 2 saturated heterocycles. The lowest BCUT2D eigenvalue weighted by Gasteiger charge is -2.14. The number of fused-ring (bicyclic) bond motifs is 1. The van der Waals surface area contributed by atoms with Crippen molar-refractivity contribution in [3.63, 3.8) is 0 Å². The molecule has 98 valence electrons. The molecule has 0 unspecified atom stereocenters. The molecule has 0 bridgehead atoms. The number of nitrogens with zero attached hydrogens (tertiary/aromatic N) is 2. The molecule has 0 spiro atoms. The van der Waals surface area contributed by atoms with Crippen molar-refractivity contribution in [1.29, 1.82) is 0 Å². The largest absolute Gasteiger partial charge is 0.481 e. The summed E-state index contributed by atoms with van der Waals surface area (Å²) >= 11 is 1.44. The zero-order valence-electron chi connectivity index (χ0n) is 9.63. The molecule has 0 radical (unpaired) electrons. The Labute approximate surface area is 108 Å². The number of thioether (sulfide) groups is 1. The van der Waals surface area contributed by atoms with E-state index in [9.17, 15) is 9.59 Å². The van der Waals surface area contributed by atoms with Crippen LogP contribution in [0.1, 0.15) is 25.7 Å². The molecule has 0 saturated carbocycles. The monoisotopic (exact) mass is 270 g/mol. The van der Waals surface area contributed by atoms with Crippen molar-refractivity contribution in [2.24, 2.45) is 0 Å². The Kier molecular flexibility index (Phi) is 3.88. The van der Waals surface area contributed by atoms with E-state index in [1.807, 2.05) is 0 Å². The first-order valence-corrected chi connectivity index (χ1v) is 6.67. The molecule has 2 amide bonds. The van der Waals surface area contributed by atoms with E-state index in [0.717, 1.165) is 12.8 Å². The second-order valence-corrected chi connectivity index (χ2v) is 5.61. The fourth-order valence-electron chi connectivity index (χ4n) is 2.28. The number of carbonyl (C=O) groups is 2. The number of carboxylic acids is 1. The van der Waals surface area contributed by atoms with Crippen molar-refractivity contribution in [3.8, 4) is 0 Å². The maximum Gasteiger partial charge on any atom is 0.350 e. The van der Waals surface area contributed by atoms with Crippen molar-refractivity contribution in [2.75, 3.05) is 0 Å². The number of rotatable bonds is 5. The van der Waals surface area contributed by atoms with E-state index in [1.54, 1.807) is 0 Å². The molecule has 2 fully saturated rings. The highest BCUT2D eigenvalue weighted by Crippen LogP contribution is 2.34. The minimum Gasteiger partial charge on any atom is -0.481 e. The molecule has 2 heterocycles. The van der Waals surface area contributed by atoms with Gasteiger partial charge in [0.2, 0.25) is 0 Å². The predicted molar refractivity (Wildman–Crippen MR) is 65.4 cm³/mol. The van der Waals surface area contributed by atoms with E-state index in [1.165, 1.54) is 11.8 Å². The highest BCUT2D eigenvalue weighted by molar-refractivity contribution is 8.14. The van der Waals surface area contributed by atoms with Crippen molar-refractivity contribution in [3.05, 3.63) is 5.53 Å². The van der Waals surface area contributed by atoms with Crippen LogP contribution in [-0.4, -0.2) is 44.3 Å². The molecule has 0 aromatic carbocycles. The summed E-state index contributed by atoms with van der Waals surface area (Å²) < 4.78 is 0. The van der Waals surface area contributed by atoms with Gasteiger partial charge in [0.1, 0.15) is 0 Å². The molecular formula is C10H14N4O3S. The molecule has 18 heavy (non-hydrogen) atoms. The number of carboxylic acid groups (broad SMARTS) is 1. The summed E-state index contributed by atoms with van der Waals surface area (Å²) in [5.74, 6) is -0.791. The summed E-state index contributed by atoms with van der Waals surface area (Å²) in [4.78, 5) is 24.8. The van der Waals surface area contributed by atoms with E-state index < -0.39 is 5.97 Å². The van der Waals surface area contributed by atoms with Crippen molar-refractivity contribution in [1.82, 2.24) is 10.6 Å². The second kappa shape index (κ2) is 5.41. The number of hydrogen-bond acceptors (Lipinski definition) is 3. The van der Waals surface area contributed by atoms with Crippen molar-refractivity contribution >= 4 is 28.8 Å². The summed E-state index contributed by atoms with van der Waals surface area (Å²) in [6, 6.07) is -0.572. The van der Waals surface area contributed by atoms with Gasteiger partial charge in [-0.15, -0.1) is 0 Å². The van der Waals surface area contributed by atoms with Gasteiger partial charge in [-0.25, -0.2) is 4.79 Å². The first kappa shape index (κ1) is 12.9. The molecule has 0 aromatic rings. The van der Waals surface area contributed by atoms with Gasteiger partial charge in [0.15, 0.2) is 6.04 Å². The maximum absolute atomic E-state index is 11.2. The number of hydrogen-bond donors (Lipinski definition) is 3. The molecule has 8 heteroatoms. The molecule has 2 rings (SSSR count). The van der Waals surface area contributed by atoms with Gasteiger partial charge in [-0.05, 0) is 24.6 Å². The van der Waals surface area contributed by atoms with Gasteiger partial charge in [-0.3, -0.25) is 4.79 Å². The van der Waals surface area contributed by atoms with Gasteiger partial charge in [-0.1, -0.05) is 6.42 Å². The topological polar surface area (TPSA) is 115 Å². The average Bonchev–Trinajstić information content (AvgIpc) is 2.82. The van der Waals surface area contributed by atoms with Crippen LogP contribution in [0.5, 0.6) is 0 Å². The Morgan fingerprint density at radius 2 is 2.22 bits per heavy atom. The fourth-order valence-corrected chi connectivity index (χ4v) is 3.64. The molecule has 0 aromatic heterocycles. The number of aliphatic carboxylic acids is 1. The Morgan fingerprint density at radius 3 is 2.89 bits per heavy atom. The third kappa shape index (κ3) is 2.65. The lowest BCUT2D eigenvalue weighted by Crippen LogP contribution is -2.38. The van der Waals surface area contributed by atoms with Crippen LogP contribution in [0.4, 0.5) is 4.79 Å². The zero-order chi connectivity index (χ0) is 13.1. The molecule has 2 aliphatic heterocycles. The van der Waals surface area contributed by atoms with Crippen molar-refractivity contribution in [2.45, 2.75) is 43.0 Å². The number of amides is 2. The summed E-state index contributed by atoms with van der Waals surface area (Å²) in [5, 5.41) is 14.7. The molecule has 3 atom stereocenters. The van der Waals surface area contributed by atoms with Gasteiger partial charge in [0, 0.05) is 11.7 Å². The highest BCUT2D eigenvalue weighted by atomic mass is 32.2. The van der Waals surface area contributed by atoms with E-state index in [2.05, 4.69) is 15.4 Å². The quantitative estimate of drug-likeness (QED) is 0.291. The Morgan fingerprint density at radius 1 is 1.44 bits per heavy atom. The first-order valence-electron chi connectivity index (χ1n) is 5.79. The van der Waals surface area contributed by atoms with Crippen LogP contribution in [-0.2, 0) is 4.79 Å².